The molecule has 1 heterocycles. The molecular weight excluding hydrogens is 197 g/mol. The molecule has 0 radical (unpaired) electrons. The standard InChI is InChI=1S/C11H18FNO2/c12-9-6-7-13(8-9)11(14)15-10-4-2-1-3-5-10/h9-10H,1-8H2. The van der Waals surface area contributed by atoms with Crippen LogP contribution in [0.2, 0.25) is 0 Å². The van der Waals surface area contributed by atoms with Crippen LogP contribution in [0, 0.1) is 0 Å². The summed E-state index contributed by atoms with van der Waals surface area (Å²) >= 11 is 0. The van der Waals surface area contributed by atoms with Crippen molar-refractivity contribution in [1.82, 2.24) is 4.90 Å². The van der Waals surface area contributed by atoms with Crippen molar-refractivity contribution < 1.29 is 13.9 Å². The maximum absolute atomic E-state index is 12.9. The van der Waals surface area contributed by atoms with Gasteiger partial charge < -0.3 is 9.64 Å². The van der Waals surface area contributed by atoms with Gasteiger partial charge in [0.2, 0.25) is 0 Å². The van der Waals surface area contributed by atoms with Crippen molar-refractivity contribution in [1.29, 1.82) is 0 Å². The number of likely N-dealkylation sites (tertiary alicyclic amines) is 1. The summed E-state index contributed by atoms with van der Waals surface area (Å²) < 4.78 is 18.2. The first-order valence-electron chi connectivity index (χ1n) is 5.85. The van der Waals surface area contributed by atoms with Gasteiger partial charge in [0.1, 0.15) is 12.3 Å². The minimum absolute atomic E-state index is 0.0740. The van der Waals surface area contributed by atoms with Crippen molar-refractivity contribution >= 4 is 6.09 Å². The van der Waals surface area contributed by atoms with Crippen molar-refractivity contribution in [3.05, 3.63) is 0 Å². The number of amides is 1. The van der Waals surface area contributed by atoms with E-state index in [-0.39, 0.29) is 18.7 Å². The maximum Gasteiger partial charge on any atom is 0.410 e. The van der Waals surface area contributed by atoms with Crippen LogP contribution in [0.1, 0.15) is 38.5 Å². The SMILES string of the molecule is O=C(OC1CCCCC1)N1CCC(F)C1. The second kappa shape index (κ2) is 4.81. The summed E-state index contributed by atoms with van der Waals surface area (Å²) in [5, 5.41) is 0. The second-order valence-corrected chi connectivity index (χ2v) is 4.48. The van der Waals surface area contributed by atoms with Gasteiger partial charge in [-0.25, -0.2) is 9.18 Å². The van der Waals surface area contributed by atoms with Crippen LogP contribution in [0.25, 0.3) is 0 Å². The van der Waals surface area contributed by atoms with E-state index < -0.39 is 6.17 Å². The van der Waals surface area contributed by atoms with E-state index in [1.54, 1.807) is 0 Å². The molecule has 86 valence electrons. The monoisotopic (exact) mass is 215 g/mol. The Morgan fingerprint density at radius 1 is 1.20 bits per heavy atom. The predicted molar refractivity (Wildman–Crippen MR) is 54.4 cm³/mol. The van der Waals surface area contributed by atoms with E-state index in [0.29, 0.717) is 13.0 Å². The predicted octanol–water partition coefficient (Wildman–Crippen LogP) is 2.50. The van der Waals surface area contributed by atoms with Crippen LogP contribution in [0.3, 0.4) is 0 Å². The van der Waals surface area contributed by atoms with Crippen molar-refractivity contribution in [2.75, 3.05) is 13.1 Å². The lowest BCUT2D eigenvalue weighted by atomic mass is 9.98. The molecule has 0 N–H and O–H groups in total. The van der Waals surface area contributed by atoms with Crippen LogP contribution in [-0.4, -0.2) is 36.4 Å². The minimum atomic E-state index is -0.857. The van der Waals surface area contributed by atoms with E-state index >= 15 is 0 Å². The first-order valence-corrected chi connectivity index (χ1v) is 5.85. The minimum Gasteiger partial charge on any atom is -0.446 e. The Labute approximate surface area is 89.6 Å². The number of ether oxygens (including phenoxy) is 1. The third-order valence-electron chi connectivity index (χ3n) is 3.21. The van der Waals surface area contributed by atoms with Gasteiger partial charge in [-0.1, -0.05) is 6.42 Å². The molecule has 1 atom stereocenters. The van der Waals surface area contributed by atoms with Crippen LogP contribution in [0.4, 0.5) is 9.18 Å². The van der Waals surface area contributed by atoms with Gasteiger partial charge in [0.05, 0.1) is 6.54 Å². The Hall–Kier alpha value is -0.800. The van der Waals surface area contributed by atoms with Crippen molar-refractivity contribution in [2.45, 2.75) is 50.8 Å². The molecule has 0 spiro atoms. The highest BCUT2D eigenvalue weighted by Gasteiger charge is 2.28. The van der Waals surface area contributed by atoms with Crippen molar-refractivity contribution in [3.63, 3.8) is 0 Å². The van der Waals surface area contributed by atoms with E-state index in [2.05, 4.69) is 0 Å². The molecule has 2 rings (SSSR count). The van der Waals surface area contributed by atoms with Gasteiger partial charge in [-0.05, 0) is 32.1 Å². The molecule has 0 aromatic rings. The molecule has 15 heavy (non-hydrogen) atoms. The Kier molecular flexibility index (Phi) is 3.44. The molecule has 1 saturated heterocycles. The molecule has 4 heteroatoms. The van der Waals surface area contributed by atoms with E-state index in [4.69, 9.17) is 4.74 Å². The molecule has 1 unspecified atom stereocenters. The van der Waals surface area contributed by atoms with Crippen LogP contribution in [-0.2, 0) is 4.74 Å². The van der Waals surface area contributed by atoms with E-state index in [1.165, 1.54) is 11.3 Å². The summed E-state index contributed by atoms with van der Waals surface area (Å²) in [5.74, 6) is 0. The first kappa shape index (κ1) is 10.7. The molecule has 0 aromatic heterocycles. The highest BCUT2D eigenvalue weighted by Crippen LogP contribution is 2.22. The number of carbonyl (C=O) groups excluding carboxylic acids is 1. The van der Waals surface area contributed by atoms with Gasteiger partial charge in [-0.3, -0.25) is 0 Å². The third-order valence-corrected chi connectivity index (χ3v) is 3.21. The zero-order chi connectivity index (χ0) is 10.7. The molecule has 1 aliphatic carbocycles. The number of rotatable bonds is 1. The number of nitrogens with zero attached hydrogens (tertiary/aromatic N) is 1. The lowest BCUT2D eigenvalue weighted by Crippen LogP contribution is -2.33. The van der Waals surface area contributed by atoms with E-state index in [9.17, 15) is 9.18 Å². The lowest BCUT2D eigenvalue weighted by molar-refractivity contribution is 0.0496. The molecule has 0 bridgehead atoms. The highest BCUT2D eigenvalue weighted by molar-refractivity contribution is 5.68. The average molecular weight is 215 g/mol. The van der Waals surface area contributed by atoms with Gasteiger partial charge in [0, 0.05) is 6.54 Å². The summed E-state index contributed by atoms with van der Waals surface area (Å²) in [7, 11) is 0. The number of carbonyl (C=O) groups is 1. The van der Waals surface area contributed by atoms with Crippen molar-refractivity contribution in [3.8, 4) is 0 Å². The highest BCUT2D eigenvalue weighted by atomic mass is 19.1. The van der Waals surface area contributed by atoms with Crippen molar-refractivity contribution in [2.24, 2.45) is 0 Å². The number of hydrogen-bond acceptors (Lipinski definition) is 2. The number of hydrogen-bond donors (Lipinski definition) is 0. The topological polar surface area (TPSA) is 29.5 Å². The van der Waals surface area contributed by atoms with E-state index in [1.807, 2.05) is 0 Å². The zero-order valence-corrected chi connectivity index (χ0v) is 8.95. The van der Waals surface area contributed by atoms with Crippen LogP contribution in [0.15, 0.2) is 0 Å². The maximum atomic E-state index is 12.9. The summed E-state index contributed by atoms with van der Waals surface area (Å²) in [4.78, 5) is 13.1. The smallest absolute Gasteiger partial charge is 0.410 e. The van der Waals surface area contributed by atoms with Crippen LogP contribution < -0.4 is 0 Å². The first-order chi connectivity index (χ1) is 7.25. The summed E-state index contributed by atoms with van der Waals surface area (Å²) in [5.41, 5.74) is 0. The van der Waals surface area contributed by atoms with Gasteiger partial charge in [0.15, 0.2) is 0 Å². The Bertz CT molecular complexity index is 229. The molecule has 2 aliphatic rings. The molecule has 2 fully saturated rings. The van der Waals surface area contributed by atoms with Gasteiger partial charge in [-0.15, -0.1) is 0 Å². The quantitative estimate of drug-likeness (QED) is 0.672. The summed E-state index contributed by atoms with van der Waals surface area (Å²) in [6, 6.07) is 0. The fourth-order valence-corrected chi connectivity index (χ4v) is 2.28. The number of halogens is 1. The van der Waals surface area contributed by atoms with Crippen LogP contribution >= 0.6 is 0 Å². The number of alkyl halides is 1. The molecule has 1 saturated carbocycles. The largest absolute Gasteiger partial charge is 0.446 e. The summed E-state index contributed by atoms with van der Waals surface area (Å²) in [6.07, 6.45) is 4.82. The summed E-state index contributed by atoms with van der Waals surface area (Å²) in [6.45, 7) is 0.721. The van der Waals surface area contributed by atoms with Gasteiger partial charge >= 0.3 is 6.09 Å². The van der Waals surface area contributed by atoms with E-state index in [0.717, 1.165) is 25.7 Å². The van der Waals surface area contributed by atoms with Gasteiger partial charge in [-0.2, -0.15) is 0 Å². The Morgan fingerprint density at radius 3 is 2.53 bits per heavy atom. The molecule has 1 amide bonds. The van der Waals surface area contributed by atoms with Gasteiger partial charge in [0.25, 0.3) is 0 Å². The normalized spacial score (nSPS) is 28.1. The molecule has 0 aromatic carbocycles. The molecular formula is C11H18FNO2. The molecule has 3 nitrogen and oxygen atoms in total. The second-order valence-electron chi connectivity index (χ2n) is 4.48. The third kappa shape index (κ3) is 2.83. The fraction of sp³-hybridized carbons (Fsp3) is 0.909. The lowest BCUT2D eigenvalue weighted by Gasteiger charge is -2.24. The molecule has 1 aliphatic heterocycles. The fourth-order valence-electron chi connectivity index (χ4n) is 2.28. The Balaban J connectivity index is 1.76. The average Bonchev–Trinajstić information content (AvgIpc) is 2.66. The Morgan fingerprint density at radius 2 is 1.93 bits per heavy atom. The zero-order valence-electron chi connectivity index (χ0n) is 8.95. The van der Waals surface area contributed by atoms with Crippen LogP contribution in [0.5, 0.6) is 0 Å².